The average Bonchev–Trinajstić information content (AvgIpc) is 2.77. The number of aryl methyl sites for hydroxylation is 1. The Morgan fingerprint density at radius 3 is 2.55 bits per heavy atom. The number of carbonyl (C=O) groups is 1. The van der Waals surface area contributed by atoms with Gasteiger partial charge in [0.15, 0.2) is 0 Å². The minimum absolute atomic E-state index is 0.287. The molecule has 0 spiro atoms. The molecular formula is C16H22N2O2. The molecule has 2 aromatic rings. The van der Waals surface area contributed by atoms with E-state index in [0.717, 1.165) is 24.2 Å². The van der Waals surface area contributed by atoms with Gasteiger partial charge in [-0.3, -0.25) is 0 Å². The van der Waals surface area contributed by atoms with Crippen molar-refractivity contribution in [2.45, 2.75) is 46.6 Å². The van der Waals surface area contributed by atoms with E-state index in [1.54, 1.807) is 12.1 Å². The number of imidazole rings is 1. The summed E-state index contributed by atoms with van der Waals surface area (Å²) < 4.78 is 2.23. The maximum atomic E-state index is 11.3. The molecule has 0 amide bonds. The van der Waals surface area contributed by atoms with Gasteiger partial charge in [-0.2, -0.15) is 0 Å². The third kappa shape index (κ3) is 2.30. The Morgan fingerprint density at radius 1 is 1.35 bits per heavy atom. The predicted octanol–water partition coefficient (Wildman–Crippen LogP) is 3.90. The molecule has 0 bridgehead atoms. The molecule has 0 saturated carbocycles. The number of carboxylic acid groups (broad SMARTS) is 1. The van der Waals surface area contributed by atoms with Crippen LogP contribution in [0.15, 0.2) is 18.2 Å². The summed E-state index contributed by atoms with van der Waals surface area (Å²) in [5, 5.41) is 9.31. The molecule has 0 aliphatic carbocycles. The van der Waals surface area contributed by atoms with Crippen LogP contribution < -0.4 is 0 Å². The molecule has 0 aliphatic rings. The monoisotopic (exact) mass is 274 g/mol. The van der Waals surface area contributed by atoms with Crippen LogP contribution in [0.2, 0.25) is 0 Å². The van der Waals surface area contributed by atoms with E-state index in [0.29, 0.717) is 17.5 Å². The van der Waals surface area contributed by atoms with Crippen molar-refractivity contribution in [2.24, 2.45) is 5.92 Å². The summed E-state index contributed by atoms with van der Waals surface area (Å²) in [5.74, 6) is 0.533. The Bertz CT molecular complexity index is 629. The van der Waals surface area contributed by atoms with E-state index in [2.05, 4.69) is 37.2 Å². The molecule has 108 valence electrons. The minimum atomic E-state index is -0.916. The van der Waals surface area contributed by atoms with Gasteiger partial charge >= 0.3 is 5.97 Å². The number of aromatic nitrogens is 2. The smallest absolute Gasteiger partial charge is 0.337 e. The summed E-state index contributed by atoms with van der Waals surface area (Å²) in [6, 6.07) is 5.74. The second-order valence-corrected chi connectivity index (χ2v) is 5.45. The second kappa shape index (κ2) is 5.65. The summed E-state index contributed by atoms with van der Waals surface area (Å²) >= 11 is 0. The van der Waals surface area contributed by atoms with Gasteiger partial charge < -0.3 is 9.67 Å². The van der Waals surface area contributed by atoms with E-state index in [1.165, 1.54) is 0 Å². The third-order valence-corrected chi connectivity index (χ3v) is 3.86. The van der Waals surface area contributed by atoms with Gasteiger partial charge in [-0.15, -0.1) is 0 Å². The Labute approximate surface area is 119 Å². The fourth-order valence-electron chi connectivity index (χ4n) is 2.91. The van der Waals surface area contributed by atoms with Gasteiger partial charge in [0, 0.05) is 12.5 Å². The molecule has 1 aromatic heterocycles. The fourth-order valence-corrected chi connectivity index (χ4v) is 2.91. The van der Waals surface area contributed by atoms with Gasteiger partial charge in [-0.1, -0.05) is 33.8 Å². The highest BCUT2D eigenvalue weighted by atomic mass is 16.4. The maximum Gasteiger partial charge on any atom is 0.337 e. The molecule has 1 aromatic carbocycles. The van der Waals surface area contributed by atoms with Crippen LogP contribution in [0.5, 0.6) is 0 Å². The zero-order valence-electron chi connectivity index (χ0n) is 12.6. The number of nitrogens with zero attached hydrogens (tertiary/aromatic N) is 2. The third-order valence-electron chi connectivity index (χ3n) is 3.86. The summed E-state index contributed by atoms with van der Waals surface area (Å²) in [4.78, 5) is 15.9. The number of hydrogen-bond acceptors (Lipinski definition) is 2. The largest absolute Gasteiger partial charge is 0.478 e. The van der Waals surface area contributed by atoms with Gasteiger partial charge in [0.1, 0.15) is 11.3 Å². The number of para-hydroxylation sites is 1. The lowest BCUT2D eigenvalue weighted by Gasteiger charge is -2.23. The summed E-state index contributed by atoms with van der Waals surface area (Å²) in [6.45, 7) is 8.61. The zero-order chi connectivity index (χ0) is 14.9. The van der Waals surface area contributed by atoms with Gasteiger partial charge in [0.05, 0.1) is 11.1 Å². The first kappa shape index (κ1) is 14.6. The van der Waals surface area contributed by atoms with Crippen molar-refractivity contribution in [1.29, 1.82) is 0 Å². The molecule has 1 N–H and O–H groups in total. The van der Waals surface area contributed by atoms with Gasteiger partial charge in [-0.25, -0.2) is 9.78 Å². The lowest BCUT2D eigenvalue weighted by atomic mass is 10.0. The Balaban J connectivity index is 2.76. The van der Waals surface area contributed by atoms with E-state index in [4.69, 9.17) is 0 Å². The van der Waals surface area contributed by atoms with Crippen molar-refractivity contribution in [3.05, 3.63) is 29.6 Å². The fraction of sp³-hybridized carbons (Fsp3) is 0.500. The first-order chi connectivity index (χ1) is 9.51. The van der Waals surface area contributed by atoms with E-state index in [9.17, 15) is 9.90 Å². The van der Waals surface area contributed by atoms with Crippen LogP contribution in [-0.4, -0.2) is 20.6 Å². The van der Waals surface area contributed by atoms with Crippen molar-refractivity contribution in [3.8, 4) is 0 Å². The van der Waals surface area contributed by atoms with Gasteiger partial charge in [-0.05, 0) is 24.5 Å². The van der Waals surface area contributed by atoms with Crippen LogP contribution >= 0.6 is 0 Å². The van der Waals surface area contributed by atoms with E-state index in [-0.39, 0.29) is 5.56 Å². The van der Waals surface area contributed by atoms with Crippen LogP contribution in [-0.2, 0) is 6.42 Å². The van der Waals surface area contributed by atoms with Crippen molar-refractivity contribution >= 4 is 17.0 Å². The number of rotatable bonds is 5. The molecule has 20 heavy (non-hydrogen) atoms. The van der Waals surface area contributed by atoms with Crippen LogP contribution in [0.1, 0.15) is 56.3 Å². The average molecular weight is 274 g/mol. The van der Waals surface area contributed by atoms with Crippen molar-refractivity contribution in [3.63, 3.8) is 0 Å². The molecule has 1 atom stereocenters. The highest BCUT2D eigenvalue weighted by Gasteiger charge is 2.22. The summed E-state index contributed by atoms with van der Waals surface area (Å²) in [6.07, 6.45) is 1.81. The van der Waals surface area contributed by atoms with Crippen molar-refractivity contribution < 1.29 is 9.90 Å². The molecule has 0 aliphatic heterocycles. The standard InChI is InChI=1S/C16H22N2O2/c1-5-12(10(3)4)18-13-9-7-8-11(16(19)20)15(13)17-14(18)6-2/h7-10,12H,5-6H2,1-4H3,(H,19,20). The van der Waals surface area contributed by atoms with Crippen LogP contribution in [0.4, 0.5) is 0 Å². The van der Waals surface area contributed by atoms with Crippen molar-refractivity contribution in [2.75, 3.05) is 0 Å². The highest BCUT2D eigenvalue weighted by molar-refractivity contribution is 6.01. The maximum absolute atomic E-state index is 11.3. The molecule has 4 nitrogen and oxygen atoms in total. The topological polar surface area (TPSA) is 55.1 Å². The summed E-state index contributed by atoms with van der Waals surface area (Å²) in [7, 11) is 0. The second-order valence-electron chi connectivity index (χ2n) is 5.45. The lowest BCUT2D eigenvalue weighted by Crippen LogP contribution is -2.16. The molecular weight excluding hydrogens is 252 g/mol. The SMILES string of the molecule is CCc1nc2c(C(=O)O)cccc2n1C(CC)C(C)C. The normalized spacial score (nSPS) is 13.1. The number of hydrogen-bond donors (Lipinski definition) is 1. The number of fused-ring (bicyclic) bond motifs is 1. The first-order valence-corrected chi connectivity index (χ1v) is 7.24. The summed E-state index contributed by atoms with van der Waals surface area (Å²) in [5.41, 5.74) is 1.83. The molecule has 1 heterocycles. The number of carboxylic acids is 1. The Morgan fingerprint density at radius 2 is 2.05 bits per heavy atom. The van der Waals surface area contributed by atoms with Gasteiger partial charge in [0.25, 0.3) is 0 Å². The molecule has 4 heteroatoms. The molecule has 0 radical (unpaired) electrons. The van der Waals surface area contributed by atoms with Crippen LogP contribution in [0.25, 0.3) is 11.0 Å². The van der Waals surface area contributed by atoms with Gasteiger partial charge in [0.2, 0.25) is 0 Å². The first-order valence-electron chi connectivity index (χ1n) is 7.24. The quantitative estimate of drug-likeness (QED) is 0.899. The molecule has 0 saturated heterocycles. The van der Waals surface area contributed by atoms with E-state index in [1.807, 2.05) is 6.07 Å². The molecule has 1 unspecified atom stereocenters. The highest BCUT2D eigenvalue weighted by Crippen LogP contribution is 2.30. The van der Waals surface area contributed by atoms with Crippen LogP contribution in [0.3, 0.4) is 0 Å². The number of aromatic carboxylic acids is 1. The van der Waals surface area contributed by atoms with Crippen molar-refractivity contribution in [1.82, 2.24) is 9.55 Å². The predicted molar refractivity (Wildman–Crippen MR) is 80.2 cm³/mol. The lowest BCUT2D eigenvalue weighted by molar-refractivity contribution is 0.0699. The Kier molecular flexibility index (Phi) is 4.12. The number of benzene rings is 1. The minimum Gasteiger partial charge on any atom is -0.478 e. The Hall–Kier alpha value is -1.84. The van der Waals surface area contributed by atoms with E-state index >= 15 is 0 Å². The van der Waals surface area contributed by atoms with Crippen LogP contribution in [0, 0.1) is 5.92 Å². The zero-order valence-corrected chi connectivity index (χ0v) is 12.6. The van der Waals surface area contributed by atoms with E-state index < -0.39 is 5.97 Å². The molecule has 2 rings (SSSR count). The molecule has 0 fully saturated rings.